The first-order chi connectivity index (χ1) is 12.9. The average molecular weight is 382 g/mol. The summed E-state index contributed by atoms with van der Waals surface area (Å²) in [7, 11) is 0. The first-order valence-electron chi connectivity index (χ1n) is 9.38. The van der Waals surface area contributed by atoms with Crippen LogP contribution in [0.1, 0.15) is 57.8 Å². The number of halogens is 1. The molecule has 3 N–H and O–H groups in total. The van der Waals surface area contributed by atoms with Crippen LogP contribution in [0.4, 0.5) is 4.39 Å². The SMILES string of the molecule is O=C(CCCCCNC(=O)C1(F)C=CCCCCC1)On1c(O)ccc1O. The van der Waals surface area contributed by atoms with E-state index in [2.05, 4.69) is 5.32 Å². The minimum atomic E-state index is -1.93. The van der Waals surface area contributed by atoms with E-state index in [0.717, 1.165) is 19.3 Å². The zero-order chi connectivity index (χ0) is 19.7. The molecular weight excluding hydrogens is 355 g/mol. The van der Waals surface area contributed by atoms with Crippen molar-refractivity contribution >= 4 is 11.9 Å². The van der Waals surface area contributed by atoms with Crippen molar-refractivity contribution in [3.8, 4) is 11.8 Å². The number of allylic oxidation sites excluding steroid dienone is 1. The summed E-state index contributed by atoms with van der Waals surface area (Å²) in [5.74, 6) is -1.93. The fourth-order valence-corrected chi connectivity index (χ4v) is 2.93. The summed E-state index contributed by atoms with van der Waals surface area (Å²) < 4.78 is 15.4. The maximum atomic E-state index is 14.7. The molecule has 0 aromatic carbocycles. The standard InChI is InChI=1S/C19H27FN2O5/c20-19(12-6-2-1-3-7-13-19)18(26)21-14-8-4-5-9-17(25)27-22-15(23)10-11-16(22)24/h6,10-12,23-24H,1-5,7-9,13-14H2,(H,21,26). The molecule has 150 valence electrons. The molecule has 2 rings (SSSR count). The van der Waals surface area contributed by atoms with Crippen molar-refractivity contribution in [1.29, 1.82) is 0 Å². The fraction of sp³-hybridized carbons (Fsp3) is 0.579. The first-order valence-corrected chi connectivity index (χ1v) is 9.38. The van der Waals surface area contributed by atoms with Gasteiger partial charge in [0.2, 0.25) is 17.4 Å². The highest BCUT2D eigenvalue weighted by Crippen LogP contribution is 2.25. The zero-order valence-corrected chi connectivity index (χ0v) is 15.3. The van der Waals surface area contributed by atoms with Crippen LogP contribution in [0.2, 0.25) is 0 Å². The third kappa shape index (κ3) is 6.30. The lowest BCUT2D eigenvalue weighted by Crippen LogP contribution is -2.42. The van der Waals surface area contributed by atoms with Gasteiger partial charge < -0.3 is 20.4 Å². The maximum absolute atomic E-state index is 14.7. The third-order valence-electron chi connectivity index (χ3n) is 4.50. The number of alkyl halides is 1. The van der Waals surface area contributed by atoms with E-state index < -0.39 is 17.5 Å². The second-order valence-electron chi connectivity index (χ2n) is 6.74. The molecule has 0 aliphatic heterocycles. The van der Waals surface area contributed by atoms with Crippen LogP contribution < -0.4 is 10.2 Å². The Hall–Kier alpha value is -2.51. The fourth-order valence-electron chi connectivity index (χ4n) is 2.93. The largest absolute Gasteiger partial charge is 0.492 e. The molecule has 0 spiro atoms. The quantitative estimate of drug-likeness (QED) is 0.474. The van der Waals surface area contributed by atoms with Gasteiger partial charge in [0.1, 0.15) is 0 Å². The van der Waals surface area contributed by atoms with Crippen molar-refractivity contribution in [2.24, 2.45) is 0 Å². The van der Waals surface area contributed by atoms with Crippen LogP contribution in [0.25, 0.3) is 0 Å². The zero-order valence-electron chi connectivity index (χ0n) is 15.3. The highest BCUT2D eigenvalue weighted by Gasteiger charge is 2.35. The van der Waals surface area contributed by atoms with Gasteiger partial charge >= 0.3 is 5.97 Å². The van der Waals surface area contributed by atoms with E-state index in [1.807, 2.05) is 0 Å². The van der Waals surface area contributed by atoms with Crippen molar-refractivity contribution in [2.45, 2.75) is 63.5 Å². The number of carbonyl (C=O) groups is 2. The van der Waals surface area contributed by atoms with Gasteiger partial charge in [-0.1, -0.05) is 18.9 Å². The predicted octanol–water partition coefficient (Wildman–Crippen LogP) is 2.76. The monoisotopic (exact) mass is 382 g/mol. The number of carbonyl (C=O) groups excluding carboxylic acids is 2. The molecule has 1 aliphatic carbocycles. The number of aromatic nitrogens is 1. The van der Waals surface area contributed by atoms with E-state index in [4.69, 9.17) is 4.84 Å². The number of unbranched alkanes of at least 4 members (excludes halogenated alkanes) is 2. The molecule has 0 saturated heterocycles. The van der Waals surface area contributed by atoms with E-state index in [1.165, 1.54) is 18.2 Å². The van der Waals surface area contributed by atoms with Crippen molar-refractivity contribution in [3.63, 3.8) is 0 Å². The molecule has 0 saturated carbocycles. The minimum absolute atomic E-state index is 0.0980. The lowest BCUT2D eigenvalue weighted by Gasteiger charge is -2.22. The van der Waals surface area contributed by atoms with Gasteiger partial charge in [0.05, 0.1) is 0 Å². The van der Waals surface area contributed by atoms with Gasteiger partial charge in [-0.05, 0) is 44.6 Å². The van der Waals surface area contributed by atoms with Gasteiger partial charge in [-0.2, -0.15) is 0 Å². The molecule has 1 heterocycles. The van der Waals surface area contributed by atoms with Gasteiger partial charge in [-0.15, -0.1) is 4.73 Å². The summed E-state index contributed by atoms with van der Waals surface area (Å²) in [6.07, 6.45) is 8.65. The second kappa shape index (κ2) is 9.99. The minimum Gasteiger partial charge on any atom is -0.492 e. The number of nitrogens with one attached hydrogen (secondary N) is 1. The lowest BCUT2D eigenvalue weighted by molar-refractivity contribution is -0.145. The summed E-state index contributed by atoms with van der Waals surface area (Å²) in [6.45, 7) is 0.340. The maximum Gasteiger partial charge on any atom is 0.333 e. The van der Waals surface area contributed by atoms with Crippen LogP contribution in [0, 0.1) is 0 Å². The van der Waals surface area contributed by atoms with Crippen LogP contribution >= 0.6 is 0 Å². The van der Waals surface area contributed by atoms with Crippen LogP contribution in [0.15, 0.2) is 24.3 Å². The van der Waals surface area contributed by atoms with Crippen LogP contribution in [-0.2, 0) is 9.59 Å². The molecule has 27 heavy (non-hydrogen) atoms. The smallest absolute Gasteiger partial charge is 0.333 e. The number of aromatic hydroxyl groups is 2. The topological polar surface area (TPSA) is 101 Å². The molecule has 1 aromatic heterocycles. The van der Waals surface area contributed by atoms with E-state index in [-0.39, 0.29) is 24.6 Å². The number of rotatable bonds is 8. The summed E-state index contributed by atoms with van der Waals surface area (Å²) >= 11 is 0. The Balaban J connectivity index is 1.62. The van der Waals surface area contributed by atoms with Crippen molar-refractivity contribution in [3.05, 3.63) is 24.3 Å². The van der Waals surface area contributed by atoms with Crippen molar-refractivity contribution in [2.75, 3.05) is 6.54 Å². The molecule has 1 amide bonds. The Kier molecular flexibility index (Phi) is 7.69. The summed E-state index contributed by atoms with van der Waals surface area (Å²) in [4.78, 5) is 28.6. The Morgan fingerprint density at radius 1 is 1.15 bits per heavy atom. The van der Waals surface area contributed by atoms with Crippen LogP contribution in [0.5, 0.6) is 11.8 Å². The van der Waals surface area contributed by atoms with Crippen molar-refractivity contribution < 1.29 is 29.0 Å². The molecule has 1 unspecified atom stereocenters. The Bertz CT molecular complexity index is 654. The van der Waals surface area contributed by atoms with E-state index in [1.54, 1.807) is 6.08 Å². The number of amides is 1. The Labute approximate surface area is 157 Å². The molecule has 0 fully saturated rings. The number of hydrogen-bond donors (Lipinski definition) is 3. The molecular formula is C19H27FN2O5. The molecule has 1 aliphatic rings. The summed E-state index contributed by atoms with van der Waals surface area (Å²) in [5, 5.41) is 21.4. The molecule has 7 nitrogen and oxygen atoms in total. The van der Waals surface area contributed by atoms with Gasteiger partial charge in [-0.25, -0.2) is 9.18 Å². The lowest BCUT2D eigenvalue weighted by atomic mass is 9.93. The molecule has 0 bridgehead atoms. The van der Waals surface area contributed by atoms with E-state index in [9.17, 15) is 24.2 Å². The van der Waals surface area contributed by atoms with Crippen LogP contribution in [0.3, 0.4) is 0 Å². The first kappa shape index (κ1) is 20.8. The molecule has 1 atom stereocenters. The Morgan fingerprint density at radius 3 is 2.63 bits per heavy atom. The summed E-state index contributed by atoms with van der Waals surface area (Å²) in [6, 6.07) is 2.41. The Morgan fingerprint density at radius 2 is 1.89 bits per heavy atom. The molecule has 1 aromatic rings. The van der Waals surface area contributed by atoms with Crippen molar-refractivity contribution in [1.82, 2.24) is 10.0 Å². The van der Waals surface area contributed by atoms with E-state index in [0.29, 0.717) is 37.0 Å². The predicted molar refractivity (Wildman–Crippen MR) is 96.9 cm³/mol. The normalized spacial score (nSPS) is 19.9. The highest BCUT2D eigenvalue weighted by atomic mass is 19.1. The third-order valence-corrected chi connectivity index (χ3v) is 4.50. The molecule has 0 radical (unpaired) electrons. The van der Waals surface area contributed by atoms with E-state index >= 15 is 0 Å². The second-order valence-corrected chi connectivity index (χ2v) is 6.74. The van der Waals surface area contributed by atoms with Crippen LogP contribution in [-0.4, -0.2) is 39.0 Å². The highest BCUT2D eigenvalue weighted by molar-refractivity contribution is 5.87. The number of hydrogen-bond acceptors (Lipinski definition) is 5. The van der Waals surface area contributed by atoms with Gasteiger partial charge in [0, 0.05) is 25.1 Å². The van der Waals surface area contributed by atoms with Gasteiger partial charge in [0.15, 0.2) is 0 Å². The average Bonchev–Trinajstić information content (AvgIpc) is 2.93. The van der Waals surface area contributed by atoms with Gasteiger partial charge in [0.25, 0.3) is 5.91 Å². The summed E-state index contributed by atoms with van der Waals surface area (Å²) in [5.41, 5.74) is -1.93. The number of nitrogens with zero attached hydrogens (tertiary/aromatic N) is 1. The molecule has 8 heteroatoms. The van der Waals surface area contributed by atoms with Gasteiger partial charge in [-0.3, -0.25) is 4.79 Å².